The molecular formula is C19H21NO4. The zero-order valence-electron chi connectivity index (χ0n) is 14.0. The van der Waals surface area contributed by atoms with E-state index in [-0.39, 0.29) is 23.9 Å². The summed E-state index contributed by atoms with van der Waals surface area (Å²) < 4.78 is 5.14. The van der Waals surface area contributed by atoms with E-state index in [2.05, 4.69) is 0 Å². The first-order valence-corrected chi connectivity index (χ1v) is 7.64. The number of carbonyl (C=O) groups is 2. The summed E-state index contributed by atoms with van der Waals surface area (Å²) in [6.45, 7) is 1.95. The zero-order chi connectivity index (χ0) is 17.7. The number of amides is 1. The highest BCUT2D eigenvalue weighted by atomic mass is 16.5. The maximum absolute atomic E-state index is 12.5. The van der Waals surface area contributed by atoms with Crippen LogP contribution in [0.1, 0.15) is 34.5 Å². The number of nitrogens with zero attached hydrogens (tertiary/aromatic N) is 1. The molecule has 0 aromatic heterocycles. The molecule has 5 heteroatoms. The molecule has 0 aliphatic rings. The molecule has 126 valence electrons. The summed E-state index contributed by atoms with van der Waals surface area (Å²) in [4.78, 5) is 25.2. The summed E-state index contributed by atoms with van der Waals surface area (Å²) in [7, 11) is 3.36. The van der Waals surface area contributed by atoms with Crippen molar-refractivity contribution in [2.45, 2.75) is 19.4 Å². The van der Waals surface area contributed by atoms with Crippen molar-refractivity contribution in [1.82, 2.24) is 4.90 Å². The fourth-order valence-corrected chi connectivity index (χ4v) is 2.44. The number of methoxy groups -OCH3 is 1. The predicted molar refractivity (Wildman–Crippen MR) is 91.3 cm³/mol. The molecule has 1 N–H and O–H groups in total. The topological polar surface area (TPSA) is 66.8 Å². The van der Waals surface area contributed by atoms with Crippen LogP contribution in [0.15, 0.2) is 48.5 Å². The van der Waals surface area contributed by atoms with Crippen molar-refractivity contribution < 1.29 is 19.4 Å². The molecular weight excluding hydrogens is 306 g/mol. The van der Waals surface area contributed by atoms with Gasteiger partial charge in [-0.15, -0.1) is 0 Å². The molecule has 5 nitrogen and oxygen atoms in total. The number of aromatic carboxylic acids is 1. The van der Waals surface area contributed by atoms with Gasteiger partial charge >= 0.3 is 5.97 Å². The van der Waals surface area contributed by atoms with Crippen LogP contribution >= 0.6 is 0 Å². The summed E-state index contributed by atoms with van der Waals surface area (Å²) in [5, 5.41) is 9.03. The van der Waals surface area contributed by atoms with Gasteiger partial charge in [-0.3, -0.25) is 4.79 Å². The van der Waals surface area contributed by atoms with Gasteiger partial charge in [-0.25, -0.2) is 4.79 Å². The Labute approximate surface area is 141 Å². The molecule has 2 rings (SSSR count). The molecule has 0 radical (unpaired) electrons. The average molecular weight is 327 g/mol. The number of ether oxygens (including phenoxy) is 1. The third kappa shape index (κ3) is 4.13. The van der Waals surface area contributed by atoms with Crippen molar-refractivity contribution in [3.05, 3.63) is 65.2 Å². The van der Waals surface area contributed by atoms with Crippen LogP contribution in [-0.2, 0) is 11.2 Å². The van der Waals surface area contributed by atoms with Crippen LogP contribution in [0, 0.1) is 0 Å². The highest BCUT2D eigenvalue weighted by molar-refractivity contribution is 5.88. The van der Waals surface area contributed by atoms with Gasteiger partial charge in [0, 0.05) is 7.05 Å². The maximum atomic E-state index is 12.5. The number of carbonyl (C=O) groups excluding carboxylic acids is 1. The van der Waals surface area contributed by atoms with Gasteiger partial charge in [-0.05, 0) is 42.3 Å². The largest absolute Gasteiger partial charge is 0.497 e. The van der Waals surface area contributed by atoms with E-state index >= 15 is 0 Å². The van der Waals surface area contributed by atoms with Gasteiger partial charge in [-0.2, -0.15) is 0 Å². The number of carboxylic acid groups (broad SMARTS) is 1. The molecule has 2 aromatic carbocycles. The molecule has 0 aliphatic heterocycles. The molecule has 0 unspecified atom stereocenters. The van der Waals surface area contributed by atoms with Crippen molar-refractivity contribution in [1.29, 1.82) is 0 Å². The molecule has 24 heavy (non-hydrogen) atoms. The van der Waals surface area contributed by atoms with Gasteiger partial charge in [-0.1, -0.05) is 24.3 Å². The third-order valence-corrected chi connectivity index (χ3v) is 4.10. The first kappa shape index (κ1) is 17.5. The minimum Gasteiger partial charge on any atom is -0.497 e. The van der Waals surface area contributed by atoms with E-state index in [1.165, 1.54) is 12.1 Å². The number of carboxylic acids is 1. The highest BCUT2D eigenvalue weighted by Gasteiger charge is 2.18. The molecule has 0 aliphatic carbocycles. The first-order valence-electron chi connectivity index (χ1n) is 7.64. The molecule has 1 atom stereocenters. The highest BCUT2D eigenvalue weighted by Crippen LogP contribution is 2.22. The Morgan fingerprint density at radius 1 is 1.17 bits per heavy atom. The van der Waals surface area contributed by atoms with Gasteiger partial charge in [0.15, 0.2) is 0 Å². The van der Waals surface area contributed by atoms with Gasteiger partial charge < -0.3 is 14.7 Å². The fraction of sp³-hybridized carbons (Fsp3) is 0.263. The molecule has 0 saturated carbocycles. The van der Waals surface area contributed by atoms with E-state index in [0.717, 1.165) is 11.3 Å². The number of hydrogen-bond acceptors (Lipinski definition) is 3. The molecule has 1 amide bonds. The van der Waals surface area contributed by atoms with E-state index < -0.39 is 5.97 Å². The Morgan fingerprint density at radius 3 is 2.42 bits per heavy atom. The zero-order valence-corrected chi connectivity index (χ0v) is 14.0. The molecule has 2 aromatic rings. The third-order valence-electron chi connectivity index (χ3n) is 4.10. The Balaban J connectivity index is 2.07. The predicted octanol–water partition coefficient (Wildman–Crippen LogP) is 3.16. The monoisotopic (exact) mass is 327 g/mol. The van der Waals surface area contributed by atoms with Crippen LogP contribution in [0.3, 0.4) is 0 Å². The SMILES string of the molecule is COc1ccc([C@H](C)N(C)C(=O)Cc2cccc(C(=O)O)c2)cc1. The Bertz CT molecular complexity index is 724. The second kappa shape index (κ2) is 7.64. The van der Waals surface area contributed by atoms with Crippen molar-refractivity contribution >= 4 is 11.9 Å². The first-order chi connectivity index (χ1) is 11.4. The molecule has 0 fully saturated rings. The van der Waals surface area contributed by atoms with Crippen LogP contribution in [0.4, 0.5) is 0 Å². The van der Waals surface area contributed by atoms with Crippen LogP contribution in [0.5, 0.6) is 5.75 Å². The fourth-order valence-electron chi connectivity index (χ4n) is 2.44. The van der Waals surface area contributed by atoms with Gasteiger partial charge in [0.1, 0.15) is 5.75 Å². The average Bonchev–Trinajstić information content (AvgIpc) is 2.60. The van der Waals surface area contributed by atoms with E-state index in [0.29, 0.717) is 5.56 Å². The Hall–Kier alpha value is -2.82. The lowest BCUT2D eigenvalue weighted by Gasteiger charge is -2.25. The minimum atomic E-state index is -0.996. The lowest BCUT2D eigenvalue weighted by Crippen LogP contribution is -2.31. The second-order valence-corrected chi connectivity index (χ2v) is 5.64. The van der Waals surface area contributed by atoms with E-state index in [4.69, 9.17) is 9.84 Å². The lowest BCUT2D eigenvalue weighted by atomic mass is 10.0. The quantitative estimate of drug-likeness (QED) is 0.885. The van der Waals surface area contributed by atoms with Crippen LogP contribution in [-0.4, -0.2) is 36.0 Å². The number of hydrogen-bond donors (Lipinski definition) is 1. The summed E-state index contributed by atoms with van der Waals surface area (Å²) in [6, 6.07) is 13.9. The Morgan fingerprint density at radius 2 is 1.83 bits per heavy atom. The molecule has 0 spiro atoms. The van der Waals surface area contributed by atoms with Gasteiger partial charge in [0.25, 0.3) is 0 Å². The van der Waals surface area contributed by atoms with Crippen LogP contribution in [0.2, 0.25) is 0 Å². The normalized spacial score (nSPS) is 11.6. The number of likely N-dealkylation sites (N-methyl/N-ethyl adjacent to an activating group) is 1. The number of benzene rings is 2. The maximum Gasteiger partial charge on any atom is 0.335 e. The van der Waals surface area contributed by atoms with Crippen LogP contribution < -0.4 is 4.74 Å². The van der Waals surface area contributed by atoms with E-state index in [1.54, 1.807) is 31.2 Å². The lowest BCUT2D eigenvalue weighted by molar-refractivity contribution is -0.131. The number of rotatable bonds is 6. The standard InChI is InChI=1S/C19H21NO4/c1-13(15-7-9-17(24-3)10-8-15)20(2)18(21)12-14-5-4-6-16(11-14)19(22)23/h4-11,13H,12H2,1-3H3,(H,22,23)/t13-/m0/s1. The van der Waals surface area contributed by atoms with Crippen molar-refractivity contribution in [2.75, 3.05) is 14.2 Å². The molecule has 0 saturated heterocycles. The van der Waals surface area contributed by atoms with Crippen molar-refractivity contribution in [3.8, 4) is 5.75 Å². The van der Waals surface area contributed by atoms with E-state index in [1.807, 2.05) is 31.2 Å². The van der Waals surface area contributed by atoms with Crippen LogP contribution in [0.25, 0.3) is 0 Å². The molecule has 0 heterocycles. The summed E-state index contributed by atoms with van der Waals surface area (Å²) in [5.41, 5.74) is 1.88. The smallest absolute Gasteiger partial charge is 0.335 e. The molecule has 0 bridgehead atoms. The minimum absolute atomic E-state index is 0.0687. The van der Waals surface area contributed by atoms with Crippen molar-refractivity contribution in [3.63, 3.8) is 0 Å². The summed E-state index contributed by atoms with van der Waals surface area (Å²) >= 11 is 0. The van der Waals surface area contributed by atoms with E-state index in [9.17, 15) is 9.59 Å². The van der Waals surface area contributed by atoms with Gasteiger partial charge in [0.2, 0.25) is 5.91 Å². The second-order valence-electron chi connectivity index (χ2n) is 5.64. The summed E-state index contributed by atoms with van der Waals surface area (Å²) in [5.74, 6) is -0.296. The summed E-state index contributed by atoms with van der Waals surface area (Å²) in [6.07, 6.45) is 0.165. The Kier molecular flexibility index (Phi) is 5.58. The van der Waals surface area contributed by atoms with Crippen molar-refractivity contribution in [2.24, 2.45) is 0 Å². The van der Waals surface area contributed by atoms with Gasteiger partial charge in [0.05, 0.1) is 25.1 Å².